The van der Waals surface area contributed by atoms with Gasteiger partial charge in [0, 0.05) is 11.6 Å². The number of rotatable bonds is 4. The second-order valence-electron chi connectivity index (χ2n) is 5.12. The summed E-state index contributed by atoms with van der Waals surface area (Å²) in [4.78, 5) is 12.1. The smallest absolute Gasteiger partial charge is 0.338 e. The van der Waals surface area contributed by atoms with Gasteiger partial charge in [0.2, 0.25) is 0 Å². The Bertz CT molecular complexity index is 919. The third kappa shape index (κ3) is 3.43. The second-order valence-corrected chi connectivity index (χ2v) is 7.14. The lowest BCUT2D eigenvalue weighted by Gasteiger charge is -2.04. The molecule has 0 N–H and O–H groups in total. The molecule has 23 heavy (non-hydrogen) atoms. The summed E-state index contributed by atoms with van der Waals surface area (Å²) in [6.45, 7) is 0.0152. The van der Waals surface area contributed by atoms with Crippen LogP contribution in [0.5, 0.6) is 0 Å². The summed E-state index contributed by atoms with van der Waals surface area (Å²) in [6.07, 6.45) is 1.11. The van der Waals surface area contributed by atoms with Crippen LogP contribution < -0.4 is 0 Å². The number of hydrogen-bond donors (Lipinski definition) is 0. The molecule has 0 spiro atoms. The minimum Gasteiger partial charge on any atom is -0.457 e. The molecule has 0 radical (unpaired) electrons. The van der Waals surface area contributed by atoms with Gasteiger partial charge < -0.3 is 9.15 Å². The molecule has 3 aromatic rings. The van der Waals surface area contributed by atoms with Crippen LogP contribution in [0.15, 0.2) is 63.9 Å². The van der Waals surface area contributed by atoms with Crippen LogP contribution in [0.2, 0.25) is 0 Å². The molecule has 3 rings (SSSR count). The Morgan fingerprint density at radius 3 is 2.43 bits per heavy atom. The molecule has 0 fully saturated rings. The maximum Gasteiger partial charge on any atom is 0.338 e. The molecule has 0 aliphatic heterocycles. The van der Waals surface area contributed by atoms with Crippen molar-refractivity contribution < 1.29 is 22.4 Å². The van der Waals surface area contributed by atoms with Crippen LogP contribution in [0.4, 0.5) is 0 Å². The molecule has 118 valence electrons. The number of carbonyl (C=O) groups excluding carboxylic acids is 1. The normalized spacial score (nSPS) is 11.5. The summed E-state index contributed by atoms with van der Waals surface area (Å²) in [5.74, 6) is 0.0119. The van der Waals surface area contributed by atoms with Gasteiger partial charge in [0.1, 0.15) is 18.0 Å². The minimum absolute atomic E-state index is 0.0152. The molecule has 0 bridgehead atoms. The van der Waals surface area contributed by atoms with E-state index in [0.29, 0.717) is 5.76 Å². The van der Waals surface area contributed by atoms with Crippen molar-refractivity contribution in [3.05, 3.63) is 65.9 Å². The number of para-hydroxylation sites is 1. The number of ether oxygens (including phenoxy) is 1. The number of benzene rings is 2. The number of hydrogen-bond acceptors (Lipinski definition) is 5. The minimum atomic E-state index is -3.28. The standard InChI is InChI=1S/C17H14O5S/c1-23(19,20)15-8-6-12(7-9-15)17(18)21-11-14-10-13-4-2-3-5-16(13)22-14/h2-10H,11H2,1H3. The van der Waals surface area contributed by atoms with Crippen molar-refractivity contribution in [1.29, 1.82) is 0 Å². The van der Waals surface area contributed by atoms with Crippen molar-refractivity contribution in [2.75, 3.05) is 6.26 Å². The molecule has 0 atom stereocenters. The Balaban J connectivity index is 1.69. The molecule has 0 unspecified atom stereocenters. The van der Waals surface area contributed by atoms with Gasteiger partial charge in [-0.15, -0.1) is 0 Å². The predicted molar refractivity (Wildman–Crippen MR) is 84.9 cm³/mol. The van der Waals surface area contributed by atoms with Gasteiger partial charge in [-0.1, -0.05) is 18.2 Å². The summed E-state index contributed by atoms with van der Waals surface area (Å²) >= 11 is 0. The molecule has 0 amide bonds. The lowest BCUT2D eigenvalue weighted by Crippen LogP contribution is -2.05. The van der Waals surface area contributed by atoms with E-state index in [1.54, 1.807) is 0 Å². The largest absolute Gasteiger partial charge is 0.457 e. The van der Waals surface area contributed by atoms with Crippen LogP contribution >= 0.6 is 0 Å². The van der Waals surface area contributed by atoms with Gasteiger partial charge in [0.15, 0.2) is 9.84 Å². The summed E-state index contributed by atoms with van der Waals surface area (Å²) in [7, 11) is -3.28. The molecule has 1 heterocycles. The Labute approximate surface area is 133 Å². The van der Waals surface area contributed by atoms with Crippen molar-refractivity contribution in [3.8, 4) is 0 Å². The molecule has 0 aliphatic carbocycles. The summed E-state index contributed by atoms with van der Waals surface area (Å²) < 4.78 is 33.5. The van der Waals surface area contributed by atoms with Crippen molar-refractivity contribution in [2.24, 2.45) is 0 Å². The summed E-state index contributed by atoms with van der Waals surface area (Å²) in [5, 5.41) is 0.941. The Kier molecular flexibility index (Phi) is 3.92. The van der Waals surface area contributed by atoms with Crippen LogP contribution in [-0.4, -0.2) is 20.6 Å². The Morgan fingerprint density at radius 1 is 1.09 bits per heavy atom. The van der Waals surface area contributed by atoms with Gasteiger partial charge in [-0.2, -0.15) is 0 Å². The first kappa shape index (κ1) is 15.3. The Morgan fingerprint density at radius 2 is 1.78 bits per heavy atom. The van der Waals surface area contributed by atoms with E-state index in [1.807, 2.05) is 30.3 Å². The average molecular weight is 330 g/mol. The first-order valence-corrected chi connectivity index (χ1v) is 8.77. The van der Waals surface area contributed by atoms with Crippen molar-refractivity contribution >= 4 is 26.8 Å². The first-order valence-electron chi connectivity index (χ1n) is 6.88. The fourth-order valence-electron chi connectivity index (χ4n) is 2.17. The molecule has 0 saturated heterocycles. The first-order chi connectivity index (χ1) is 10.9. The van der Waals surface area contributed by atoms with E-state index in [-0.39, 0.29) is 17.1 Å². The highest BCUT2D eigenvalue weighted by molar-refractivity contribution is 7.90. The zero-order valence-electron chi connectivity index (χ0n) is 12.4. The van der Waals surface area contributed by atoms with E-state index in [1.165, 1.54) is 24.3 Å². The zero-order chi connectivity index (χ0) is 16.4. The van der Waals surface area contributed by atoms with Crippen LogP contribution in [0.25, 0.3) is 11.0 Å². The van der Waals surface area contributed by atoms with Gasteiger partial charge in [-0.05, 0) is 36.4 Å². The maximum absolute atomic E-state index is 12.0. The number of fused-ring (bicyclic) bond motifs is 1. The third-order valence-corrected chi connectivity index (χ3v) is 4.47. The predicted octanol–water partition coefficient (Wildman–Crippen LogP) is 3.19. The van der Waals surface area contributed by atoms with E-state index in [2.05, 4.69) is 0 Å². The fraction of sp³-hybridized carbons (Fsp3) is 0.118. The number of furan rings is 1. The maximum atomic E-state index is 12.0. The highest BCUT2D eigenvalue weighted by Gasteiger charge is 2.12. The molecule has 6 heteroatoms. The third-order valence-electron chi connectivity index (χ3n) is 3.34. The van der Waals surface area contributed by atoms with Crippen LogP contribution in [0.1, 0.15) is 16.1 Å². The molecule has 2 aromatic carbocycles. The number of esters is 1. The van der Waals surface area contributed by atoms with Gasteiger partial charge >= 0.3 is 5.97 Å². The average Bonchev–Trinajstić information content (AvgIpc) is 2.95. The van der Waals surface area contributed by atoms with Crippen molar-refractivity contribution in [3.63, 3.8) is 0 Å². The van der Waals surface area contributed by atoms with Gasteiger partial charge in [0.05, 0.1) is 10.5 Å². The molecule has 5 nitrogen and oxygen atoms in total. The zero-order valence-corrected chi connectivity index (χ0v) is 13.2. The quantitative estimate of drug-likeness (QED) is 0.687. The van der Waals surface area contributed by atoms with Crippen LogP contribution in [-0.2, 0) is 21.2 Å². The number of carbonyl (C=O) groups is 1. The van der Waals surface area contributed by atoms with Crippen molar-refractivity contribution in [1.82, 2.24) is 0 Å². The fourth-order valence-corrected chi connectivity index (χ4v) is 2.80. The monoisotopic (exact) mass is 330 g/mol. The highest BCUT2D eigenvalue weighted by atomic mass is 32.2. The van der Waals surface area contributed by atoms with E-state index >= 15 is 0 Å². The van der Waals surface area contributed by atoms with Gasteiger partial charge in [0.25, 0.3) is 0 Å². The molecule has 0 aliphatic rings. The van der Waals surface area contributed by atoms with E-state index in [0.717, 1.165) is 17.2 Å². The van der Waals surface area contributed by atoms with Gasteiger partial charge in [-0.3, -0.25) is 0 Å². The van der Waals surface area contributed by atoms with Crippen molar-refractivity contribution in [2.45, 2.75) is 11.5 Å². The summed E-state index contributed by atoms with van der Waals surface area (Å²) in [5.41, 5.74) is 1.02. The van der Waals surface area contributed by atoms with E-state index in [4.69, 9.17) is 9.15 Å². The highest BCUT2D eigenvalue weighted by Crippen LogP contribution is 2.20. The molecular formula is C17H14O5S. The van der Waals surface area contributed by atoms with Gasteiger partial charge in [-0.25, -0.2) is 13.2 Å². The van der Waals surface area contributed by atoms with Crippen LogP contribution in [0.3, 0.4) is 0 Å². The van der Waals surface area contributed by atoms with E-state index < -0.39 is 15.8 Å². The van der Waals surface area contributed by atoms with E-state index in [9.17, 15) is 13.2 Å². The summed E-state index contributed by atoms with van der Waals surface area (Å²) in [6, 6.07) is 14.9. The lowest BCUT2D eigenvalue weighted by molar-refractivity contribution is 0.0447. The van der Waals surface area contributed by atoms with Crippen LogP contribution in [0, 0.1) is 0 Å². The lowest BCUT2D eigenvalue weighted by atomic mass is 10.2. The number of sulfone groups is 1. The molecular weight excluding hydrogens is 316 g/mol. The molecule has 0 saturated carbocycles. The molecule has 1 aromatic heterocycles. The Hall–Kier alpha value is -2.60. The SMILES string of the molecule is CS(=O)(=O)c1ccc(C(=O)OCc2cc3ccccc3o2)cc1. The topological polar surface area (TPSA) is 73.6 Å². The second kappa shape index (κ2) is 5.89.